The SMILES string of the molecule is CCCNC(C=C(C)C)CSc1ccc(C)cc1. The van der Waals surface area contributed by atoms with E-state index in [0.29, 0.717) is 6.04 Å². The van der Waals surface area contributed by atoms with Gasteiger partial charge in [0.15, 0.2) is 0 Å². The van der Waals surface area contributed by atoms with Gasteiger partial charge in [-0.05, 0) is 45.9 Å². The van der Waals surface area contributed by atoms with Crippen LogP contribution in [0.15, 0.2) is 40.8 Å². The van der Waals surface area contributed by atoms with Crippen molar-refractivity contribution in [3.8, 4) is 0 Å². The number of aryl methyl sites for hydroxylation is 1. The molecule has 0 amide bonds. The maximum Gasteiger partial charge on any atom is 0.0347 e. The molecule has 0 fully saturated rings. The normalized spacial score (nSPS) is 12.2. The molecule has 0 aliphatic rings. The standard InChI is InChI=1S/C16H25NS/c1-5-10-17-15(11-13(2)3)12-18-16-8-6-14(4)7-9-16/h6-9,11,15,17H,5,10,12H2,1-4H3. The lowest BCUT2D eigenvalue weighted by Crippen LogP contribution is -2.30. The van der Waals surface area contributed by atoms with Crippen molar-refractivity contribution in [2.45, 2.75) is 45.1 Å². The summed E-state index contributed by atoms with van der Waals surface area (Å²) in [4.78, 5) is 1.35. The Morgan fingerprint density at radius 2 is 1.94 bits per heavy atom. The number of hydrogen-bond donors (Lipinski definition) is 1. The van der Waals surface area contributed by atoms with E-state index in [-0.39, 0.29) is 0 Å². The molecule has 0 saturated heterocycles. The van der Waals surface area contributed by atoms with Gasteiger partial charge in [-0.2, -0.15) is 0 Å². The molecule has 1 nitrogen and oxygen atoms in total. The molecule has 100 valence electrons. The first-order chi connectivity index (χ1) is 8.61. The van der Waals surface area contributed by atoms with E-state index in [2.05, 4.69) is 63.4 Å². The van der Waals surface area contributed by atoms with Crippen LogP contribution in [-0.2, 0) is 0 Å². The maximum atomic E-state index is 3.59. The maximum absolute atomic E-state index is 3.59. The number of nitrogens with one attached hydrogen (secondary N) is 1. The molecule has 2 heteroatoms. The summed E-state index contributed by atoms with van der Waals surface area (Å²) in [5.41, 5.74) is 2.71. The summed E-state index contributed by atoms with van der Waals surface area (Å²) in [5.74, 6) is 1.09. The van der Waals surface area contributed by atoms with E-state index in [4.69, 9.17) is 0 Å². The minimum atomic E-state index is 0.473. The van der Waals surface area contributed by atoms with E-state index in [1.807, 2.05) is 11.8 Å². The van der Waals surface area contributed by atoms with Crippen molar-refractivity contribution in [1.82, 2.24) is 5.32 Å². The van der Waals surface area contributed by atoms with Gasteiger partial charge >= 0.3 is 0 Å². The summed E-state index contributed by atoms with van der Waals surface area (Å²) in [6.45, 7) is 9.75. The molecule has 0 aliphatic heterocycles. The van der Waals surface area contributed by atoms with Gasteiger partial charge in [0.05, 0.1) is 0 Å². The zero-order valence-corrected chi connectivity index (χ0v) is 12.8. The number of hydrogen-bond acceptors (Lipinski definition) is 2. The van der Waals surface area contributed by atoms with Crippen molar-refractivity contribution < 1.29 is 0 Å². The first-order valence-corrected chi connectivity index (χ1v) is 7.68. The lowest BCUT2D eigenvalue weighted by atomic mass is 10.2. The summed E-state index contributed by atoms with van der Waals surface area (Å²) in [6.07, 6.45) is 3.51. The van der Waals surface area contributed by atoms with E-state index in [0.717, 1.165) is 12.3 Å². The van der Waals surface area contributed by atoms with E-state index >= 15 is 0 Å². The minimum absolute atomic E-state index is 0.473. The van der Waals surface area contributed by atoms with E-state index in [1.54, 1.807) is 0 Å². The van der Waals surface area contributed by atoms with Crippen molar-refractivity contribution in [3.05, 3.63) is 41.5 Å². The topological polar surface area (TPSA) is 12.0 Å². The zero-order valence-electron chi connectivity index (χ0n) is 12.0. The molecule has 0 bridgehead atoms. The Morgan fingerprint density at radius 3 is 2.50 bits per heavy atom. The lowest BCUT2D eigenvalue weighted by molar-refractivity contribution is 0.627. The third-order valence-electron chi connectivity index (χ3n) is 2.64. The monoisotopic (exact) mass is 263 g/mol. The van der Waals surface area contributed by atoms with E-state index in [9.17, 15) is 0 Å². The Labute approximate surface area is 116 Å². The van der Waals surface area contributed by atoms with Crippen LogP contribution in [0, 0.1) is 6.92 Å². The van der Waals surface area contributed by atoms with Crippen LogP contribution >= 0.6 is 11.8 Å². The molecule has 1 unspecified atom stereocenters. The van der Waals surface area contributed by atoms with E-state index < -0.39 is 0 Å². The first kappa shape index (κ1) is 15.3. The highest BCUT2D eigenvalue weighted by molar-refractivity contribution is 7.99. The highest BCUT2D eigenvalue weighted by atomic mass is 32.2. The van der Waals surface area contributed by atoms with Crippen LogP contribution in [0.2, 0.25) is 0 Å². The van der Waals surface area contributed by atoms with Gasteiger partial charge in [0.2, 0.25) is 0 Å². The summed E-state index contributed by atoms with van der Waals surface area (Å²) in [6, 6.07) is 9.25. The fourth-order valence-electron chi connectivity index (χ4n) is 1.72. The van der Waals surface area contributed by atoms with Gasteiger partial charge in [-0.1, -0.05) is 36.3 Å². The van der Waals surface area contributed by atoms with Gasteiger partial charge in [0.1, 0.15) is 0 Å². The predicted octanol–water partition coefficient (Wildman–Crippen LogP) is 4.42. The Hall–Kier alpha value is -0.730. The average molecular weight is 263 g/mol. The molecule has 1 aromatic rings. The quantitative estimate of drug-likeness (QED) is 0.577. The number of allylic oxidation sites excluding steroid dienone is 1. The average Bonchev–Trinajstić information content (AvgIpc) is 2.34. The van der Waals surface area contributed by atoms with Gasteiger partial charge in [0, 0.05) is 16.7 Å². The zero-order chi connectivity index (χ0) is 13.4. The van der Waals surface area contributed by atoms with Crippen LogP contribution in [-0.4, -0.2) is 18.3 Å². The van der Waals surface area contributed by atoms with Crippen LogP contribution in [0.3, 0.4) is 0 Å². The summed E-state index contributed by atoms with van der Waals surface area (Å²) in [7, 11) is 0. The highest BCUT2D eigenvalue weighted by Crippen LogP contribution is 2.19. The Kier molecular flexibility index (Phi) is 7.14. The summed E-state index contributed by atoms with van der Waals surface area (Å²) < 4.78 is 0. The van der Waals surface area contributed by atoms with Gasteiger partial charge in [-0.3, -0.25) is 0 Å². The molecule has 1 rings (SSSR count). The second-order valence-corrected chi connectivity index (χ2v) is 6.02. The molecule has 0 aliphatic carbocycles. The molecule has 0 saturated carbocycles. The second kappa shape index (κ2) is 8.39. The summed E-state index contributed by atoms with van der Waals surface area (Å²) in [5, 5.41) is 3.59. The molecule has 1 atom stereocenters. The van der Waals surface area contributed by atoms with Crippen molar-refractivity contribution in [2.75, 3.05) is 12.3 Å². The number of thioether (sulfide) groups is 1. The van der Waals surface area contributed by atoms with Crippen molar-refractivity contribution in [3.63, 3.8) is 0 Å². The van der Waals surface area contributed by atoms with Crippen molar-refractivity contribution in [2.24, 2.45) is 0 Å². The first-order valence-electron chi connectivity index (χ1n) is 6.69. The smallest absolute Gasteiger partial charge is 0.0347 e. The second-order valence-electron chi connectivity index (χ2n) is 4.93. The van der Waals surface area contributed by atoms with Gasteiger partial charge in [-0.15, -0.1) is 11.8 Å². The molecule has 0 aromatic heterocycles. The van der Waals surface area contributed by atoms with Crippen molar-refractivity contribution in [1.29, 1.82) is 0 Å². The fraction of sp³-hybridized carbons (Fsp3) is 0.500. The minimum Gasteiger partial charge on any atom is -0.310 e. The number of rotatable bonds is 7. The highest BCUT2D eigenvalue weighted by Gasteiger charge is 2.05. The molecule has 0 heterocycles. The van der Waals surface area contributed by atoms with Crippen LogP contribution in [0.1, 0.15) is 32.8 Å². The third-order valence-corrected chi connectivity index (χ3v) is 3.77. The van der Waals surface area contributed by atoms with Gasteiger partial charge < -0.3 is 5.32 Å². The van der Waals surface area contributed by atoms with Crippen molar-refractivity contribution >= 4 is 11.8 Å². The Balaban J connectivity index is 2.50. The molecule has 1 N–H and O–H groups in total. The number of benzene rings is 1. The molecular formula is C16H25NS. The largest absolute Gasteiger partial charge is 0.310 e. The van der Waals surface area contributed by atoms with Crippen LogP contribution in [0.5, 0.6) is 0 Å². The molecule has 1 aromatic carbocycles. The Bertz CT molecular complexity index is 363. The summed E-state index contributed by atoms with van der Waals surface area (Å²) >= 11 is 1.92. The third kappa shape index (κ3) is 6.27. The Morgan fingerprint density at radius 1 is 1.28 bits per heavy atom. The molecular weight excluding hydrogens is 238 g/mol. The van der Waals surface area contributed by atoms with Crippen LogP contribution in [0.25, 0.3) is 0 Å². The molecule has 0 spiro atoms. The van der Waals surface area contributed by atoms with Crippen LogP contribution < -0.4 is 5.32 Å². The van der Waals surface area contributed by atoms with Gasteiger partial charge in [0.25, 0.3) is 0 Å². The lowest BCUT2D eigenvalue weighted by Gasteiger charge is -2.15. The van der Waals surface area contributed by atoms with Gasteiger partial charge in [-0.25, -0.2) is 0 Å². The molecule has 0 radical (unpaired) electrons. The predicted molar refractivity (Wildman–Crippen MR) is 83.4 cm³/mol. The van der Waals surface area contributed by atoms with E-state index in [1.165, 1.54) is 22.5 Å². The fourth-order valence-corrected chi connectivity index (χ4v) is 2.63. The molecule has 18 heavy (non-hydrogen) atoms. The van der Waals surface area contributed by atoms with Crippen LogP contribution in [0.4, 0.5) is 0 Å².